The molecule has 19 heavy (non-hydrogen) atoms. The van der Waals surface area contributed by atoms with Gasteiger partial charge < -0.3 is 5.32 Å². The van der Waals surface area contributed by atoms with Crippen LogP contribution in [0.25, 0.3) is 0 Å². The molecule has 1 aliphatic heterocycles. The predicted molar refractivity (Wildman–Crippen MR) is 78.1 cm³/mol. The Morgan fingerprint density at radius 1 is 1.37 bits per heavy atom. The lowest BCUT2D eigenvalue weighted by Crippen LogP contribution is -2.27. The van der Waals surface area contributed by atoms with Crippen LogP contribution < -0.4 is 5.32 Å². The third-order valence-electron chi connectivity index (χ3n) is 4.48. The zero-order valence-corrected chi connectivity index (χ0v) is 12.8. The van der Waals surface area contributed by atoms with Crippen LogP contribution in [-0.4, -0.2) is 28.1 Å². The molecule has 4 nitrogen and oxygen atoms in total. The zero-order valence-electron chi connectivity index (χ0n) is 12.8. The van der Waals surface area contributed by atoms with Crippen LogP contribution in [0.2, 0.25) is 0 Å². The molecule has 2 rings (SSSR count). The lowest BCUT2D eigenvalue weighted by molar-refractivity contribution is 0.241. The standard InChI is InChI=1S/C15H28N4/c1-12(15(2,3)4)19-11-14(17-18-19)6-5-13-7-9-16-10-8-13/h11-13,16H,5-10H2,1-4H3/t12-/m1/s1. The summed E-state index contributed by atoms with van der Waals surface area (Å²) in [5, 5.41) is 12.0. The van der Waals surface area contributed by atoms with Crippen molar-refractivity contribution >= 4 is 0 Å². The van der Waals surface area contributed by atoms with Crippen molar-refractivity contribution in [1.29, 1.82) is 0 Å². The average molecular weight is 264 g/mol. The molecule has 0 spiro atoms. The third kappa shape index (κ3) is 4.03. The predicted octanol–water partition coefficient (Wildman–Crippen LogP) is 2.82. The number of aromatic nitrogens is 3. The van der Waals surface area contributed by atoms with Gasteiger partial charge in [-0.05, 0) is 57.0 Å². The molecule has 108 valence electrons. The van der Waals surface area contributed by atoms with Crippen molar-refractivity contribution in [2.75, 3.05) is 13.1 Å². The lowest BCUT2D eigenvalue weighted by atomic mass is 9.88. The Bertz CT molecular complexity index is 385. The summed E-state index contributed by atoms with van der Waals surface area (Å²) in [5.74, 6) is 0.867. The zero-order chi connectivity index (χ0) is 13.9. The molecular formula is C15H28N4. The van der Waals surface area contributed by atoms with Gasteiger partial charge in [0.15, 0.2) is 0 Å². The van der Waals surface area contributed by atoms with Crippen LogP contribution in [0.5, 0.6) is 0 Å². The van der Waals surface area contributed by atoms with Gasteiger partial charge in [0.05, 0.1) is 11.7 Å². The normalized spacial score (nSPS) is 19.6. The first-order valence-corrected chi connectivity index (χ1v) is 7.58. The average Bonchev–Trinajstić information content (AvgIpc) is 2.84. The van der Waals surface area contributed by atoms with E-state index in [-0.39, 0.29) is 5.41 Å². The summed E-state index contributed by atoms with van der Waals surface area (Å²) in [7, 11) is 0. The molecule has 2 heterocycles. The molecule has 0 aliphatic carbocycles. The second-order valence-electron chi connectivity index (χ2n) is 6.96. The monoisotopic (exact) mass is 264 g/mol. The fraction of sp³-hybridized carbons (Fsp3) is 0.867. The molecule has 1 atom stereocenters. The van der Waals surface area contributed by atoms with E-state index in [0.717, 1.165) is 18.0 Å². The molecule has 1 aliphatic rings. The summed E-state index contributed by atoms with van der Waals surface area (Å²) in [4.78, 5) is 0. The largest absolute Gasteiger partial charge is 0.317 e. The Labute approximate surface area is 117 Å². The minimum Gasteiger partial charge on any atom is -0.317 e. The minimum absolute atomic E-state index is 0.222. The third-order valence-corrected chi connectivity index (χ3v) is 4.48. The van der Waals surface area contributed by atoms with Crippen molar-refractivity contribution in [3.8, 4) is 0 Å². The molecule has 1 N–H and O–H groups in total. The molecule has 1 aromatic rings. The molecule has 4 heteroatoms. The molecule has 0 unspecified atom stereocenters. The highest BCUT2D eigenvalue weighted by atomic mass is 15.4. The minimum atomic E-state index is 0.222. The lowest BCUT2D eigenvalue weighted by Gasteiger charge is -2.26. The maximum atomic E-state index is 4.33. The maximum absolute atomic E-state index is 4.33. The van der Waals surface area contributed by atoms with E-state index in [1.165, 1.54) is 32.4 Å². The quantitative estimate of drug-likeness (QED) is 0.909. The van der Waals surface area contributed by atoms with E-state index in [2.05, 4.69) is 49.5 Å². The fourth-order valence-electron chi connectivity index (χ4n) is 2.54. The topological polar surface area (TPSA) is 42.7 Å². The summed E-state index contributed by atoms with van der Waals surface area (Å²) in [6, 6.07) is 0.382. The van der Waals surface area contributed by atoms with Crippen LogP contribution in [0.15, 0.2) is 6.20 Å². The van der Waals surface area contributed by atoms with Crippen LogP contribution in [-0.2, 0) is 6.42 Å². The number of hydrogen-bond acceptors (Lipinski definition) is 3. The summed E-state index contributed by atoms with van der Waals surface area (Å²) in [6.45, 7) is 11.3. The number of nitrogens with one attached hydrogen (secondary N) is 1. The van der Waals surface area contributed by atoms with Gasteiger partial charge in [0, 0.05) is 6.20 Å². The maximum Gasteiger partial charge on any atom is 0.0827 e. The Balaban J connectivity index is 1.86. The van der Waals surface area contributed by atoms with Crippen LogP contribution in [0.1, 0.15) is 58.7 Å². The molecule has 0 aromatic carbocycles. The fourth-order valence-corrected chi connectivity index (χ4v) is 2.54. The Hall–Kier alpha value is -0.900. The van der Waals surface area contributed by atoms with Crippen molar-refractivity contribution in [2.24, 2.45) is 11.3 Å². The van der Waals surface area contributed by atoms with E-state index < -0.39 is 0 Å². The van der Waals surface area contributed by atoms with Crippen molar-refractivity contribution < 1.29 is 0 Å². The first-order chi connectivity index (χ1) is 8.97. The molecular weight excluding hydrogens is 236 g/mol. The molecule has 1 saturated heterocycles. The van der Waals surface area contributed by atoms with Gasteiger partial charge in [0.1, 0.15) is 0 Å². The van der Waals surface area contributed by atoms with E-state index >= 15 is 0 Å². The SMILES string of the molecule is C[C@@H](n1cc(CCC2CCNCC2)nn1)C(C)(C)C. The van der Waals surface area contributed by atoms with Crippen LogP contribution >= 0.6 is 0 Å². The molecule has 0 saturated carbocycles. The second kappa shape index (κ2) is 6.04. The molecule has 0 bridgehead atoms. The Kier molecular flexibility index (Phi) is 4.61. The van der Waals surface area contributed by atoms with E-state index in [0.29, 0.717) is 6.04 Å². The van der Waals surface area contributed by atoms with E-state index in [1.54, 1.807) is 0 Å². The number of hydrogen-bond donors (Lipinski definition) is 1. The Morgan fingerprint density at radius 3 is 2.68 bits per heavy atom. The van der Waals surface area contributed by atoms with Gasteiger partial charge in [0.2, 0.25) is 0 Å². The van der Waals surface area contributed by atoms with E-state index in [1.807, 2.05) is 4.68 Å². The van der Waals surface area contributed by atoms with Crippen molar-refractivity contribution in [3.63, 3.8) is 0 Å². The van der Waals surface area contributed by atoms with Crippen LogP contribution in [0, 0.1) is 11.3 Å². The van der Waals surface area contributed by atoms with E-state index in [9.17, 15) is 0 Å². The van der Waals surface area contributed by atoms with Crippen LogP contribution in [0.4, 0.5) is 0 Å². The summed E-state index contributed by atoms with van der Waals surface area (Å²) >= 11 is 0. The van der Waals surface area contributed by atoms with Gasteiger partial charge in [-0.25, -0.2) is 4.68 Å². The number of piperidine rings is 1. The Morgan fingerprint density at radius 2 is 2.05 bits per heavy atom. The molecule has 0 radical (unpaired) electrons. The van der Waals surface area contributed by atoms with Gasteiger partial charge >= 0.3 is 0 Å². The molecule has 0 amide bonds. The van der Waals surface area contributed by atoms with Crippen molar-refractivity contribution in [2.45, 2.75) is 59.4 Å². The molecule has 1 fully saturated rings. The second-order valence-corrected chi connectivity index (χ2v) is 6.96. The first-order valence-electron chi connectivity index (χ1n) is 7.58. The van der Waals surface area contributed by atoms with Gasteiger partial charge in [-0.15, -0.1) is 5.10 Å². The highest BCUT2D eigenvalue weighted by Gasteiger charge is 2.23. The van der Waals surface area contributed by atoms with Crippen molar-refractivity contribution in [1.82, 2.24) is 20.3 Å². The summed E-state index contributed by atoms with van der Waals surface area (Å²) in [6.07, 6.45) is 7.09. The number of nitrogens with zero attached hydrogens (tertiary/aromatic N) is 3. The highest BCUT2D eigenvalue weighted by Crippen LogP contribution is 2.29. The van der Waals surface area contributed by atoms with Gasteiger partial charge in [-0.3, -0.25) is 0 Å². The number of rotatable bonds is 4. The van der Waals surface area contributed by atoms with Gasteiger partial charge in [0.25, 0.3) is 0 Å². The molecule has 1 aromatic heterocycles. The van der Waals surface area contributed by atoms with E-state index in [4.69, 9.17) is 0 Å². The first kappa shape index (κ1) is 14.5. The summed E-state index contributed by atoms with van der Waals surface area (Å²) in [5.41, 5.74) is 1.37. The smallest absolute Gasteiger partial charge is 0.0827 e. The van der Waals surface area contributed by atoms with Crippen LogP contribution in [0.3, 0.4) is 0 Å². The van der Waals surface area contributed by atoms with Gasteiger partial charge in [-0.1, -0.05) is 26.0 Å². The van der Waals surface area contributed by atoms with Gasteiger partial charge in [-0.2, -0.15) is 0 Å². The number of aryl methyl sites for hydroxylation is 1. The van der Waals surface area contributed by atoms with Crippen molar-refractivity contribution in [3.05, 3.63) is 11.9 Å². The summed E-state index contributed by atoms with van der Waals surface area (Å²) < 4.78 is 2.03. The highest BCUT2D eigenvalue weighted by molar-refractivity contribution is 4.95.